The molecule has 1 aliphatic rings. The average Bonchev–Trinajstić information content (AvgIpc) is 2.97. The van der Waals surface area contributed by atoms with Gasteiger partial charge in [-0.15, -0.1) is 0 Å². The van der Waals surface area contributed by atoms with Crippen molar-refractivity contribution in [3.05, 3.63) is 53.6 Å². The molecule has 0 saturated heterocycles. The normalized spacial score (nSPS) is 15.4. The summed E-state index contributed by atoms with van der Waals surface area (Å²) in [6, 6.07) is 8.77. The molecule has 0 spiro atoms. The lowest BCUT2D eigenvalue weighted by molar-refractivity contribution is 0.253. The van der Waals surface area contributed by atoms with Crippen LogP contribution in [0.3, 0.4) is 0 Å². The van der Waals surface area contributed by atoms with E-state index in [1.165, 1.54) is 24.1 Å². The first-order valence-corrected chi connectivity index (χ1v) is 6.90. The molecule has 0 saturated carbocycles. The van der Waals surface area contributed by atoms with Crippen LogP contribution in [-0.4, -0.2) is 34.5 Å². The zero-order valence-electron chi connectivity index (χ0n) is 11.1. The first-order chi connectivity index (χ1) is 9.42. The first kappa shape index (κ1) is 12.4. The van der Waals surface area contributed by atoms with Gasteiger partial charge in [-0.3, -0.25) is 4.90 Å². The summed E-state index contributed by atoms with van der Waals surface area (Å²) in [5, 5.41) is 3.42. The molecule has 2 N–H and O–H groups in total. The fraction of sp³-hybridized carbons (Fsp3) is 0.400. The van der Waals surface area contributed by atoms with Crippen LogP contribution >= 0.6 is 0 Å². The molecule has 1 aliphatic heterocycles. The topological polar surface area (TPSA) is 44.0 Å². The minimum atomic E-state index is 0.817. The van der Waals surface area contributed by atoms with Crippen molar-refractivity contribution in [2.24, 2.45) is 0 Å². The largest absolute Gasteiger partial charge is 0.348 e. The Balaban J connectivity index is 1.42. The van der Waals surface area contributed by atoms with E-state index >= 15 is 0 Å². The van der Waals surface area contributed by atoms with E-state index in [0.717, 1.165) is 32.0 Å². The van der Waals surface area contributed by atoms with E-state index in [-0.39, 0.29) is 0 Å². The maximum Gasteiger partial charge on any atom is 0.120 e. The number of aromatic nitrogens is 2. The smallest absolute Gasteiger partial charge is 0.120 e. The Morgan fingerprint density at radius 1 is 1.26 bits per heavy atom. The number of hydrogen-bond donors (Lipinski definition) is 2. The lowest BCUT2D eigenvalue weighted by atomic mass is 10.00. The van der Waals surface area contributed by atoms with Crippen LogP contribution in [0.2, 0.25) is 0 Å². The maximum absolute atomic E-state index is 4.20. The van der Waals surface area contributed by atoms with Crippen LogP contribution in [0.1, 0.15) is 17.0 Å². The maximum atomic E-state index is 4.20. The highest BCUT2D eigenvalue weighted by Gasteiger charge is 2.14. The molecule has 4 heteroatoms. The molecule has 0 amide bonds. The zero-order valence-corrected chi connectivity index (χ0v) is 11.1. The van der Waals surface area contributed by atoms with E-state index in [1.54, 1.807) is 6.20 Å². The monoisotopic (exact) mass is 256 g/mol. The van der Waals surface area contributed by atoms with E-state index in [9.17, 15) is 0 Å². The van der Waals surface area contributed by atoms with E-state index < -0.39 is 0 Å². The van der Waals surface area contributed by atoms with Crippen molar-refractivity contribution < 1.29 is 0 Å². The van der Waals surface area contributed by atoms with Crippen molar-refractivity contribution in [2.75, 3.05) is 19.6 Å². The Hall–Kier alpha value is -1.65. The molecular weight excluding hydrogens is 236 g/mol. The lowest BCUT2D eigenvalue weighted by Gasteiger charge is -2.28. The fourth-order valence-corrected chi connectivity index (χ4v) is 2.58. The second-order valence-electron chi connectivity index (χ2n) is 5.01. The third kappa shape index (κ3) is 3.22. The van der Waals surface area contributed by atoms with Gasteiger partial charge < -0.3 is 10.3 Å². The average molecular weight is 256 g/mol. The van der Waals surface area contributed by atoms with Gasteiger partial charge in [-0.2, -0.15) is 0 Å². The molecule has 0 radical (unpaired) electrons. The van der Waals surface area contributed by atoms with Crippen LogP contribution in [0.5, 0.6) is 0 Å². The Kier molecular flexibility index (Phi) is 3.91. The number of hydrogen-bond acceptors (Lipinski definition) is 3. The summed E-state index contributed by atoms with van der Waals surface area (Å²) in [4.78, 5) is 9.81. The Labute approximate surface area is 113 Å². The molecule has 0 fully saturated rings. The molecule has 100 valence electrons. The molecule has 3 rings (SSSR count). The summed E-state index contributed by atoms with van der Waals surface area (Å²) in [6.45, 7) is 5.16. The van der Waals surface area contributed by atoms with Crippen molar-refractivity contribution >= 4 is 0 Å². The summed E-state index contributed by atoms with van der Waals surface area (Å²) in [5.41, 5.74) is 3.00. The van der Waals surface area contributed by atoms with Crippen molar-refractivity contribution in [1.82, 2.24) is 20.2 Å². The van der Waals surface area contributed by atoms with Crippen LogP contribution in [-0.2, 0) is 19.5 Å². The van der Waals surface area contributed by atoms with Crippen LogP contribution in [0, 0.1) is 0 Å². The van der Waals surface area contributed by atoms with Gasteiger partial charge in [-0.25, -0.2) is 4.98 Å². The predicted molar refractivity (Wildman–Crippen MR) is 75.7 cm³/mol. The number of benzene rings is 1. The number of H-pyrrole nitrogens is 1. The highest BCUT2D eigenvalue weighted by molar-refractivity contribution is 5.28. The van der Waals surface area contributed by atoms with Gasteiger partial charge in [0.1, 0.15) is 5.82 Å². The molecule has 4 nitrogen and oxygen atoms in total. The van der Waals surface area contributed by atoms with E-state index in [2.05, 4.69) is 44.5 Å². The Morgan fingerprint density at radius 2 is 2.16 bits per heavy atom. The number of nitrogens with one attached hydrogen (secondary N) is 2. The van der Waals surface area contributed by atoms with Gasteiger partial charge in [-0.1, -0.05) is 24.3 Å². The summed E-state index contributed by atoms with van der Waals surface area (Å²) in [7, 11) is 0. The quantitative estimate of drug-likeness (QED) is 0.798. The van der Waals surface area contributed by atoms with Crippen LogP contribution in [0.15, 0.2) is 36.7 Å². The van der Waals surface area contributed by atoms with E-state index in [4.69, 9.17) is 0 Å². The van der Waals surface area contributed by atoms with Gasteiger partial charge in [0.2, 0.25) is 0 Å². The Bertz CT molecular complexity index is 507. The third-order valence-electron chi connectivity index (χ3n) is 3.66. The van der Waals surface area contributed by atoms with Gasteiger partial charge in [0, 0.05) is 38.6 Å². The van der Waals surface area contributed by atoms with Crippen LogP contribution in [0.4, 0.5) is 0 Å². The predicted octanol–water partition coefficient (Wildman–Crippen LogP) is 1.56. The highest BCUT2D eigenvalue weighted by atomic mass is 15.1. The fourth-order valence-electron chi connectivity index (χ4n) is 2.58. The summed E-state index contributed by atoms with van der Waals surface area (Å²) in [6.07, 6.45) is 4.82. The minimum absolute atomic E-state index is 0.817. The summed E-state index contributed by atoms with van der Waals surface area (Å²) < 4.78 is 0. The first-order valence-electron chi connectivity index (χ1n) is 6.90. The number of fused-ring (bicyclic) bond motifs is 1. The molecule has 0 unspecified atom stereocenters. The second-order valence-corrected chi connectivity index (χ2v) is 5.01. The SMILES string of the molecule is c1ccc2c(c1)CCN(CCNCc1ncc[nH]1)C2. The van der Waals surface area contributed by atoms with Crippen molar-refractivity contribution in [3.8, 4) is 0 Å². The summed E-state index contributed by atoms with van der Waals surface area (Å²) >= 11 is 0. The molecule has 0 bridgehead atoms. The van der Waals surface area contributed by atoms with Gasteiger partial charge in [0.15, 0.2) is 0 Å². The van der Waals surface area contributed by atoms with Crippen molar-refractivity contribution in [1.29, 1.82) is 0 Å². The standard InChI is InChI=1S/C15H20N4/c1-2-4-14-12-19(9-5-13(14)3-1)10-8-16-11-15-17-6-7-18-15/h1-4,6-7,16H,5,8-12H2,(H,17,18). The third-order valence-corrected chi connectivity index (χ3v) is 3.66. The van der Waals surface area contributed by atoms with Gasteiger partial charge in [0.25, 0.3) is 0 Å². The van der Waals surface area contributed by atoms with Crippen LogP contribution in [0.25, 0.3) is 0 Å². The lowest BCUT2D eigenvalue weighted by Crippen LogP contribution is -2.36. The van der Waals surface area contributed by atoms with E-state index in [1.807, 2.05) is 6.20 Å². The molecule has 2 aromatic rings. The molecule has 1 aromatic carbocycles. The number of rotatable bonds is 5. The minimum Gasteiger partial charge on any atom is -0.348 e. The highest BCUT2D eigenvalue weighted by Crippen LogP contribution is 2.17. The molecule has 1 aromatic heterocycles. The number of aromatic amines is 1. The Morgan fingerprint density at radius 3 is 3.00 bits per heavy atom. The summed E-state index contributed by atoms with van der Waals surface area (Å²) in [5.74, 6) is 1.00. The van der Waals surface area contributed by atoms with Crippen LogP contribution < -0.4 is 5.32 Å². The number of nitrogens with zero attached hydrogens (tertiary/aromatic N) is 2. The molecule has 2 heterocycles. The van der Waals surface area contributed by atoms with Gasteiger partial charge >= 0.3 is 0 Å². The van der Waals surface area contributed by atoms with Crippen molar-refractivity contribution in [3.63, 3.8) is 0 Å². The molecular formula is C15H20N4. The second kappa shape index (κ2) is 5.99. The van der Waals surface area contributed by atoms with Gasteiger partial charge in [0.05, 0.1) is 6.54 Å². The molecule has 0 aliphatic carbocycles. The van der Waals surface area contributed by atoms with Gasteiger partial charge in [-0.05, 0) is 17.5 Å². The van der Waals surface area contributed by atoms with Crippen molar-refractivity contribution in [2.45, 2.75) is 19.5 Å². The van der Waals surface area contributed by atoms with E-state index in [0.29, 0.717) is 0 Å². The molecule has 0 atom stereocenters. The zero-order chi connectivity index (χ0) is 12.9. The number of imidazole rings is 1. The molecule has 19 heavy (non-hydrogen) atoms.